The van der Waals surface area contributed by atoms with Crippen molar-refractivity contribution in [3.05, 3.63) is 33.1 Å². The van der Waals surface area contributed by atoms with Gasteiger partial charge in [0, 0.05) is 12.3 Å². The maximum atomic E-state index is 15.3. The van der Waals surface area contributed by atoms with Gasteiger partial charge in [-0.25, -0.2) is 22.9 Å². The number of ether oxygens (including phenoxy) is 1. The number of nitrogens with one attached hydrogen (secondary N) is 1. The number of hydrogen-bond acceptors (Lipinski definition) is 10. The first kappa shape index (κ1) is 25.2. The highest BCUT2D eigenvalue weighted by molar-refractivity contribution is 7.66. The van der Waals surface area contributed by atoms with Crippen molar-refractivity contribution < 1.29 is 60.6 Å². The first-order chi connectivity index (χ1) is 13.4. The molecule has 0 bridgehead atoms. The van der Waals surface area contributed by atoms with E-state index in [-0.39, 0.29) is 0 Å². The summed E-state index contributed by atoms with van der Waals surface area (Å²) < 4.78 is 65.7. The fraction of sp³-hybridized carbons (Fsp3) is 0.600. The van der Waals surface area contributed by atoms with Crippen LogP contribution < -0.4 is 11.2 Å². The summed E-state index contributed by atoms with van der Waals surface area (Å²) in [6.45, 7) is -1.58. The smallest absolute Gasteiger partial charge is 0.381 e. The lowest BCUT2D eigenvalue weighted by Crippen LogP contribution is -2.54. The molecule has 0 amide bonds. The first-order valence-electron chi connectivity index (χ1n) is 7.50. The van der Waals surface area contributed by atoms with E-state index < -0.39 is 65.4 Å². The number of aromatic amines is 1. The predicted molar refractivity (Wildman–Crippen MR) is 90.6 cm³/mol. The molecule has 6 N–H and O–H groups in total. The Hall–Kier alpha value is -1.06. The number of alkyl halides is 1. The molecule has 30 heavy (non-hydrogen) atoms. The van der Waals surface area contributed by atoms with Crippen molar-refractivity contribution in [1.82, 2.24) is 9.55 Å². The van der Waals surface area contributed by atoms with E-state index in [0.717, 1.165) is 19.2 Å². The van der Waals surface area contributed by atoms with E-state index in [1.54, 1.807) is 0 Å². The Morgan fingerprint density at radius 3 is 2.37 bits per heavy atom. The van der Waals surface area contributed by atoms with Gasteiger partial charge in [-0.05, 0) is 6.92 Å². The van der Waals surface area contributed by atoms with Crippen LogP contribution in [0.4, 0.5) is 4.39 Å². The Morgan fingerprint density at radius 1 is 1.23 bits per heavy atom. The summed E-state index contributed by atoms with van der Waals surface area (Å²) in [5.74, 6) is 0. The average Bonchev–Trinajstić information content (AvgIpc) is 2.73. The van der Waals surface area contributed by atoms with Crippen LogP contribution >= 0.6 is 23.5 Å². The van der Waals surface area contributed by atoms with Crippen LogP contribution in [0.25, 0.3) is 0 Å². The molecular weight excluding hydrogens is 484 g/mol. The van der Waals surface area contributed by atoms with Crippen LogP contribution in [0.2, 0.25) is 0 Å². The van der Waals surface area contributed by atoms with E-state index in [2.05, 4.69) is 13.1 Å². The molecule has 1 aliphatic heterocycles. The van der Waals surface area contributed by atoms with Crippen molar-refractivity contribution in [3.8, 4) is 0 Å². The van der Waals surface area contributed by atoms with Gasteiger partial charge in [-0.2, -0.15) is 8.62 Å². The van der Waals surface area contributed by atoms with E-state index in [1.807, 2.05) is 4.98 Å². The van der Waals surface area contributed by atoms with E-state index in [9.17, 15) is 33.3 Å². The minimum Gasteiger partial charge on any atom is -0.381 e. The van der Waals surface area contributed by atoms with Crippen molar-refractivity contribution in [2.24, 2.45) is 0 Å². The molecule has 0 spiro atoms. The zero-order valence-electron chi connectivity index (χ0n) is 14.7. The second kappa shape index (κ2) is 8.13. The standard InChI is InChI=1S/C10H16FN2O14P3/c1-9(11)7(13-3-2-6(14)12-8(13)15)24-4-10(9,16)5-25-29(20,21)27-30(22,23)26-28(17,18)19/h2-3,7,16H,4-5H2,1H3,(H,20,21)(H,22,23)(H,12,14,15)(H2,17,18,19)/t7-,9+,10?/m1/s1. The van der Waals surface area contributed by atoms with Crippen molar-refractivity contribution >= 4 is 23.5 Å². The molecule has 1 fully saturated rings. The van der Waals surface area contributed by atoms with Gasteiger partial charge in [0.2, 0.25) is 0 Å². The van der Waals surface area contributed by atoms with Crippen LogP contribution in [0.3, 0.4) is 0 Å². The molecule has 5 atom stereocenters. The Balaban J connectivity index is 2.17. The summed E-state index contributed by atoms with van der Waals surface area (Å²) in [6, 6.07) is 0.865. The number of halogens is 1. The molecule has 16 nitrogen and oxygen atoms in total. The van der Waals surface area contributed by atoms with E-state index >= 15 is 4.39 Å². The van der Waals surface area contributed by atoms with Crippen molar-refractivity contribution in [1.29, 1.82) is 0 Å². The predicted octanol–water partition coefficient (Wildman–Crippen LogP) is -1.13. The van der Waals surface area contributed by atoms with Crippen LogP contribution in [0.1, 0.15) is 13.2 Å². The lowest BCUT2D eigenvalue weighted by Gasteiger charge is -2.33. The topological polar surface area (TPSA) is 244 Å². The number of hydrogen-bond donors (Lipinski definition) is 6. The van der Waals surface area contributed by atoms with Gasteiger partial charge in [0.1, 0.15) is 5.60 Å². The molecule has 0 aliphatic carbocycles. The van der Waals surface area contributed by atoms with Gasteiger partial charge in [-0.3, -0.25) is 18.9 Å². The Bertz CT molecular complexity index is 1060. The Labute approximate surface area is 165 Å². The molecule has 0 radical (unpaired) electrons. The number of phosphoric acid groups is 3. The highest BCUT2D eigenvalue weighted by Crippen LogP contribution is 2.66. The van der Waals surface area contributed by atoms with Crippen LogP contribution in [0.15, 0.2) is 21.9 Å². The monoisotopic (exact) mass is 500 g/mol. The second-order valence-corrected chi connectivity index (χ2v) is 10.6. The normalized spacial score (nSPS) is 31.2. The Morgan fingerprint density at radius 2 is 1.83 bits per heavy atom. The van der Waals surface area contributed by atoms with E-state index in [1.165, 1.54) is 0 Å². The molecule has 1 aliphatic rings. The summed E-state index contributed by atoms with van der Waals surface area (Å²) in [7, 11) is -17.1. The van der Waals surface area contributed by atoms with Gasteiger partial charge in [-0.1, -0.05) is 0 Å². The lowest BCUT2D eigenvalue weighted by atomic mass is 9.88. The van der Waals surface area contributed by atoms with Crippen LogP contribution in [0.5, 0.6) is 0 Å². The summed E-state index contributed by atoms with van der Waals surface area (Å²) in [5, 5.41) is 10.5. The molecule has 1 aromatic heterocycles. The molecule has 2 heterocycles. The number of rotatable bonds is 8. The fourth-order valence-corrected chi connectivity index (χ4v) is 5.44. The molecule has 3 unspecified atom stereocenters. The number of nitrogens with zero attached hydrogens (tertiary/aromatic N) is 1. The molecule has 0 saturated carbocycles. The van der Waals surface area contributed by atoms with Crippen molar-refractivity contribution in [2.75, 3.05) is 13.2 Å². The summed E-state index contributed by atoms with van der Waals surface area (Å²) in [4.78, 5) is 60.2. The largest absolute Gasteiger partial charge is 0.490 e. The molecule has 172 valence electrons. The summed E-state index contributed by atoms with van der Waals surface area (Å²) >= 11 is 0. The van der Waals surface area contributed by atoms with Gasteiger partial charge in [-0.15, -0.1) is 0 Å². The summed E-state index contributed by atoms with van der Waals surface area (Å²) in [5.41, 5.74) is -7.50. The molecule has 0 aromatic carbocycles. The minimum absolute atomic E-state index is 0.588. The van der Waals surface area contributed by atoms with Gasteiger partial charge in [0.05, 0.1) is 13.2 Å². The van der Waals surface area contributed by atoms with Gasteiger partial charge >= 0.3 is 29.2 Å². The van der Waals surface area contributed by atoms with Crippen LogP contribution in [0, 0.1) is 0 Å². The Kier molecular flexibility index (Phi) is 6.83. The van der Waals surface area contributed by atoms with Crippen molar-refractivity contribution in [2.45, 2.75) is 24.4 Å². The molecule has 2 rings (SSSR count). The van der Waals surface area contributed by atoms with Gasteiger partial charge in [0.25, 0.3) is 5.56 Å². The first-order valence-corrected chi connectivity index (χ1v) is 12.0. The SMILES string of the molecule is C[C@]1(F)[C@H](n2ccc(=O)[nH]c2=O)OCC1(O)COP(=O)(O)OP(=O)(O)OP(=O)(O)O. The fourth-order valence-electron chi connectivity index (χ4n) is 2.37. The third-order valence-electron chi connectivity index (χ3n) is 3.84. The third-order valence-corrected chi connectivity index (χ3v) is 7.62. The zero-order chi connectivity index (χ0) is 23.2. The lowest BCUT2D eigenvalue weighted by molar-refractivity contribution is -0.107. The maximum absolute atomic E-state index is 15.3. The van der Waals surface area contributed by atoms with Crippen molar-refractivity contribution in [3.63, 3.8) is 0 Å². The van der Waals surface area contributed by atoms with Gasteiger partial charge < -0.3 is 29.4 Å². The van der Waals surface area contributed by atoms with E-state index in [0.29, 0.717) is 4.57 Å². The third kappa shape index (κ3) is 5.79. The van der Waals surface area contributed by atoms with Crippen LogP contribution in [-0.2, 0) is 31.6 Å². The number of H-pyrrole nitrogens is 1. The number of phosphoric ester groups is 1. The van der Waals surface area contributed by atoms with E-state index in [4.69, 9.17) is 19.4 Å². The number of aliphatic hydroxyl groups is 1. The molecule has 1 saturated heterocycles. The van der Waals surface area contributed by atoms with Crippen LogP contribution in [-0.4, -0.2) is 58.7 Å². The number of aromatic nitrogens is 2. The highest BCUT2D eigenvalue weighted by atomic mass is 31.3. The zero-order valence-corrected chi connectivity index (χ0v) is 17.4. The summed E-state index contributed by atoms with van der Waals surface area (Å²) in [6.07, 6.45) is -0.950. The molecule has 20 heteroatoms. The molecule has 1 aromatic rings. The van der Waals surface area contributed by atoms with Gasteiger partial charge in [0.15, 0.2) is 11.9 Å². The highest BCUT2D eigenvalue weighted by Gasteiger charge is 2.61. The quantitative estimate of drug-likeness (QED) is 0.231. The molecular formula is C10H16FN2O14P3. The second-order valence-electron chi connectivity index (χ2n) is 6.15. The minimum atomic E-state index is -5.81. The maximum Gasteiger partial charge on any atom is 0.490 e. The average molecular weight is 500 g/mol.